The Morgan fingerprint density at radius 1 is 1.44 bits per heavy atom. The molecular weight excluding hydrogens is 324 g/mol. The molecule has 0 atom stereocenters. The van der Waals surface area contributed by atoms with Crippen LogP contribution in [-0.4, -0.2) is 15.9 Å². The Labute approximate surface area is 115 Å². The SMILES string of the molecule is O=C(Nc1ccncc1Br)c1cc(F)cnc1Cl. The van der Waals surface area contributed by atoms with E-state index in [0.29, 0.717) is 10.2 Å². The molecule has 4 nitrogen and oxygen atoms in total. The molecule has 2 rings (SSSR count). The first-order valence-corrected chi connectivity index (χ1v) is 5.97. The quantitative estimate of drug-likeness (QED) is 0.860. The van der Waals surface area contributed by atoms with Crippen LogP contribution in [0.4, 0.5) is 10.1 Å². The summed E-state index contributed by atoms with van der Waals surface area (Å²) in [5.74, 6) is -1.17. The predicted octanol–water partition coefficient (Wildman–Crippen LogP) is 3.28. The van der Waals surface area contributed by atoms with Crippen LogP contribution in [-0.2, 0) is 0 Å². The highest BCUT2D eigenvalue weighted by atomic mass is 79.9. The lowest BCUT2D eigenvalue weighted by atomic mass is 10.2. The van der Waals surface area contributed by atoms with Crippen LogP contribution in [0.15, 0.2) is 35.2 Å². The van der Waals surface area contributed by atoms with Crippen LogP contribution in [0.25, 0.3) is 0 Å². The molecule has 0 saturated carbocycles. The molecule has 1 N–H and O–H groups in total. The van der Waals surface area contributed by atoms with Crippen molar-refractivity contribution >= 4 is 39.1 Å². The minimum Gasteiger partial charge on any atom is -0.321 e. The number of carbonyl (C=O) groups excluding carboxylic acids is 1. The zero-order chi connectivity index (χ0) is 13.1. The molecule has 0 unspecified atom stereocenters. The maximum atomic E-state index is 13.0. The summed E-state index contributed by atoms with van der Waals surface area (Å²) < 4.78 is 13.6. The summed E-state index contributed by atoms with van der Waals surface area (Å²) in [4.78, 5) is 19.3. The highest BCUT2D eigenvalue weighted by molar-refractivity contribution is 9.10. The van der Waals surface area contributed by atoms with E-state index in [0.717, 1.165) is 12.3 Å². The van der Waals surface area contributed by atoms with Gasteiger partial charge < -0.3 is 5.32 Å². The van der Waals surface area contributed by atoms with Gasteiger partial charge in [0.1, 0.15) is 11.0 Å². The maximum Gasteiger partial charge on any atom is 0.258 e. The average molecular weight is 331 g/mol. The van der Waals surface area contributed by atoms with Crippen molar-refractivity contribution in [3.05, 3.63) is 51.7 Å². The van der Waals surface area contributed by atoms with Crippen LogP contribution >= 0.6 is 27.5 Å². The smallest absolute Gasteiger partial charge is 0.258 e. The van der Waals surface area contributed by atoms with Gasteiger partial charge in [-0.15, -0.1) is 0 Å². The second-order valence-corrected chi connectivity index (χ2v) is 4.51. The highest BCUT2D eigenvalue weighted by Gasteiger charge is 2.14. The molecule has 2 aromatic rings. The van der Waals surface area contributed by atoms with Crippen LogP contribution in [0, 0.1) is 5.82 Å². The number of nitrogens with one attached hydrogen (secondary N) is 1. The molecule has 2 aromatic heterocycles. The second kappa shape index (κ2) is 5.41. The van der Waals surface area contributed by atoms with Crippen LogP contribution < -0.4 is 5.32 Å². The van der Waals surface area contributed by atoms with E-state index in [2.05, 4.69) is 31.2 Å². The number of halogens is 3. The Morgan fingerprint density at radius 3 is 2.94 bits per heavy atom. The molecular formula is C11H6BrClFN3O. The molecule has 18 heavy (non-hydrogen) atoms. The maximum absolute atomic E-state index is 13.0. The number of carbonyl (C=O) groups is 1. The molecule has 0 bridgehead atoms. The lowest BCUT2D eigenvalue weighted by molar-refractivity contribution is 0.102. The van der Waals surface area contributed by atoms with Gasteiger partial charge >= 0.3 is 0 Å². The molecule has 2 heterocycles. The summed E-state index contributed by atoms with van der Waals surface area (Å²) in [6.07, 6.45) is 3.99. The monoisotopic (exact) mass is 329 g/mol. The van der Waals surface area contributed by atoms with Gasteiger partial charge in [-0.1, -0.05) is 11.6 Å². The van der Waals surface area contributed by atoms with Gasteiger partial charge in [0.25, 0.3) is 5.91 Å². The van der Waals surface area contributed by atoms with Gasteiger partial charge in [-0.25, -0.2) is 9.37 Å². The minimum atomic E-state index is -0.627. The van der Waals surface area contributed by atoms with Crippen molar-refractivity contribution < 1.29 is 9.18 Å². The van der Waals surface area contributed by atoms with Gasteiger partial charge in [0.2, 0.25) is 0 Å². The summed E-state index contributed by atoms with van der Waals surface area (Å²) in [5, 5.41) is 2.52. The van der Waals surface area contributed by atoms with E-state index in [9.17, 15) is 9.18 Å². The number of anilines is 1. The molecule has 0 aliphatic rings. The van der Waals surface area contributed by atoms with E-state index >= 15 is 0 Å². The summed E-state index contributed by atoms with van der Waals surface area (Å²) in [5.41, 5.74) is 0.482. The first kappa shape index (κ1) is 12.9. The first-order chi connectivity index (χ1) is 8.58. The molecule has 0 aliphatic heterocycles. The number of hydrogen-bond acceptors (Lipinski definition) is 3. The molecule has 7 heteroatoms. The third-order valence-corrected chi connectivity index (χ3v) is 3.00. The van der Waals surface area contributed by atoms with Gasteiger partial charge in [0.15, 0.2) is 0 Å². The molecule has 0 aromatic carbocycles. The zero-order valence-corrected chi connectivity index (χ0v) is 11.2. The van der Waals surface area contributed by atoms with E-state index in [1.165, 1.54) is 12.4 Å². The van der Waals surface area contributed by atoms with Crippen LogP contribution in [0.1, 0.15) is 10.4 Å². The number of nitrogens with zero attached hydrogens (tertiary/aromatic N) is 2. The summed E-state index contributed by atoms with van der Waals surface area (Å²) in [7, 11) is 0. The average Bonchev–Trinajstić information content (AvgIpc) is 2.35. The van der Waals surface area contributed by atoms with Crippen molar-refractivity contribution in [2.24, 2.45) is 0 Å². The van der Waals surface area contributed by atoms with Crippen LogP contribution in [0.5, 0.6) is 0 Å². The zero-order valence-electron chi connectivity index (χ0n) is 8.82. The molecule has 92 valence electrons. The molecule has 0 spiro atoms. The molecule has 0 fully saturated rings. The Bertz CT molecular complexity index is 609. The fraction of sp³-hybridized carbons (Fsp3) is 0. The Hall–Kier alpha value is -1.53. The van der Waals surface area contributed by atoms with E-state index in [4.69, 9.17) is 11.6 Å². The molecule has 0 saturated heterocycles. The predicted molar refractivity (Wildman–Crippen MR) is 69.1 cm³/mol. The van der Waals surface area contributed by atoms with Gasteiger partial charge in [-0.05, 0) is 28.1 Å². The third-order valence-electron chi connectivity index (χ3n) is 2.07. The fourth-order valence-electron chi connectivity index (χ4n) is 1.25. The van der Waals surface area contributed by atoms with E-state index in [-0.39, 0.29) is 10.7 Å². The Morgan fingerprint density at radius 2 is 2.22 bits per heavy atom. The van der Waals surface area contributed by atoms with Gasteiger partial charge in [-0.2, -0.15) is 0 Å². The molecule has 0 radical (unpaired) electrons. The summed E-state index contributed by atoms with van der Waals surface area (Å²) in [6, 6.07) is 2.63. The van der Waals surface area contributed by atoms with E-state index < -0.39 is 11.7 Å². The normalized spacial score (nSPS) is 10.2. The van der Waals surface area contributed by atoms with Crippen molar-refractivity contribution in [3.63, 3.8) is 0 Å². The van der Waals surface area contributed by atoms with Gasteiger partial charge in [0, 0.05) is 12.4 Å². The van der Waals surface area contributed by atoms with Crippen LogP contribution in [0.2, 0.25) is 5.15 Å². The minimum absolute atomic E-state index is 0.0274. The number of aromatic nitrogens is 2. The molecule has 0 aliphatic carbocycles. The third kappa shape index (κ3) is 2.83. The van der Waals surface area contributed by atoms with Gasteiger partial charge in [0.05, 0.1) is 21.9 Å². The summed E-state index contributed by atoms with van der Waals surface area (Å²) in [6.45, 7) is 0. The van der Waals surface area contributed by atoms with Crippen molar-refractivity contribution in [1.29, 1.82) is 0 Å². The topological polar surface area (TPSA) is 54.9 Å². The number of rotatable bonds is 2. The largest absolute Gasteiger partial charge is 0.321 e. The number of pyridine rings is 2. The number of amides is 1. The lowest BCUT2D eigenvalue weighted by Crippen LogP contribution is -2.13. The van der Waals surface area contributed by atoms with Crippen molar-refractivity contribution in [1.82, 2.24) is 9.97 Å². The highest BCUT2D eigenvalue weighted by Crippen LogP contribution is 2.22. The Balaban J connectivity index is 2.28. The fourth-order valence-corrected chi connectivity index (χ4v) is 1.79. The lowest BCUT2D eigenvalue weighted by Gasteiger charge is -2.07. The number of hydrogen-bond donors (Lipinski definition) is 1. The van der Waals surface area contributed by atoms with Gasteiger partial charge in [-0.3, -0.25) is 9.78 Å². The van der Waals surface area contributed by atoms with E-state index in [1.54, 1.807) is 6.07 Å². The van der Waals surface area contributed by atoms with Crippen LogP contribution in [0.3, 0.4) is 0 Å². The van der Waals surface area contributed by atoms with E-state index in [1.807, 2.05) is 0 Å². The van der Waals surface area contributed by atoms with Crippen molar-refractivity contribution in [2.45, 2.75) is 0 Å². The van der Waals surface area contributed by atoms with Crippen molar-refractivity contribution in [3.8, 4) is 0 Å². The standard InChI is InChI=1S/C11H6BrClFN3O/c12-8-5-15-2-1-9(8)17-11(18)7-3-6(14)4-16-10(7)13/h1-5H,(H,15,17,18). The summed E-state index contributed by atoms with van der Waals surface area (Å²) >= 11 is 8.96. The second-order valence-electron chi connectivity index (χ2n) is 3.30. The first-order valence-electron chi connectivity index (χ1n) is 4.80. The molecule has 1 amide bonds. The van der Waals surface area contributed by atoms with Crippen molar-refractivity contribution in [2.75, 3.05) is 5.32 Å². The Kier molecular flexibility index (Phi) is 3.88.